The van der Waals surface area contributed by atoms with Gasteiger partial charge in [-0.25, -0.2) is 4.79 Å². The van der Waals surface area contributed by atoms with Gasteiger partial charge in [-0.2, -0.15) is 0 Å². The lowest BCUT2D eigenvalue weighted by Gasteiger charge is -2.20. The SMILES string of the molecule is Cc1c(C)n(Cc2ccc(-c3ccccc3C(=O)OC(C)(C)C)cc2)c2ccc(C(=O)NCc3cc(Cl)ccn3)cc12. The molecule has 0 bridgehead atoms. The lowest BCUT2D eigenvalue weighted by Crippen LogP contribution is -2.24. The van der Waals surface area contributed by atoms with E-state index in [-0.39, 0.29) is 11.9 Å². The summed E-state index contributed by atoms with van der Waals surface area (Å²) < 4.78 is 7.90. The summed E-state index contributed by atoms with van der Waals surface area (Å²) >= 11 is 6.04. The Hall–Kier alpha value is -4.42. The molecule has 42 heavy (non-hydrogen) atoms. The number of nitrogens with zero attached hydrogens (tertiary/aromatic N) is 2. The Kier molecular flexibility index (Phi) is 8.19. The maximum Gasteiger partial charge on any atom is 0.339 e. The molecule has 0 spiro atoms. The van der Waals surface area contributed by atoms with Crippen molar-refractivity contribution in [3.63, 3.8) is 0 Å². The zero-order chi connectivity index (χ0) is 30.0. The lowest BCUT2D eigenvalue weighted by atomic mass is 9.98. The summed E-state index contributed by atoms with van der Waals surface area (Å²) in [6.45, 7) is 10.8. The van der Waals surface area contributed by atoms with Gasteiger partial charge in [0.1, 0.15) is 5.60 Å². The molecule has 0 aliphatic rings. The Morgan fingerprint density at radius 2 is 1.69 bits per heavy atom. The van der Waals surface area contributed by atoms with Crippen LogP contribution < -0.4 is 5.32 Å². The number of hydrogen-bond donors (Lipinski definition) is 1. The number of rotatable bonds is 7. The van der Waals surface area contributed by atoms with Crippen molar-refractivity contribution in [1.29, 1.82) is 0 Å². The highest BCUT2D eigenvalue weighted by Crippen LogP contribution is 2.29. The molecule has 1 N–H and O–H groups in total. The van der Waals surface area contributed by atoms with Gasteiger partial charge in [0.15, 0.2) is 0 Å². The molecule has 2 aromatic heterocycles. The molecule has 5 aromatic rings. The third kappa shape index (κ3) is 6.39. The molecule has 3 aromatic carbocycles. The van der Waals surface area contributed by atoms with Gasteiger partial charge >= 0.3 is 5.97 Å². The van der Waals surface area contributed by atoms with Gasteiger partial charge in [-0.15, -0.1) is 0 Å². The first-order valence-electron chi connectivity index (χ1n) is 13.9. The second kappa shape index (κ2) is 11.8. The first kappa shape index (κ1) is 29.1. The van der Waals surface area contributed by atoms with Crippen molar-refractivity contribution in [2.45, 2.75) is 53.3 Å². The molecule has 5 rings (SSSR count). The number of carbonyl (C=O) groups excluding carboxylic acids is 2. The van der Waals surface area contributed by atoms with E-state index in [9.17, 15) is 9.59 Å². The third-order valence-corrected chi connectivity index (χ3v) is 7.50. The summed E-state index contributed by atoms with van der Waals surface area (Å²) in [6, 6.07) is 25.1. The van der Waals surface area contributed by atoms with Crippen LogP contribution in [0.5, 0.6) is 0 Å². The number of amides is 1. The van der Waals surface area contributed by atoms with Crippen LogP contribution in [-0.2, 0) is 17.8 Å². The molecule has 0 unspecified atom stereocenters. The number of halogens is 1. The summed E-state index contributed by atoms with van der Waals surface area (Å²) in [5.41, 5.74) is 7.55. The summed E-state index contributed by atoms with van der Waals surface area (Å²) in [7, 11) is 0. The minimum atomic E-state index is -0.567. The quantitative estimate of drug-likeness (QED) is 0.199. The van der Waals surface area contributed by atoms with Gasteiger partial charge in [0.05, 0.1) is 17.8 Å². The first-order valence-corrected chi connectivity index (χ1v) is 14.3. The van der Waals surface area contributed by atoms with E-state index in [1.54, 1.807) is 24.4 Å². The molecule has 2 heterocycles. The fourth-order valence-electron chi connectivity index (χ4n) is 5.03. The Bertz CT molecular complexity index is 1780. The van der Waals surface area contributed by atoms with Crippen molar-refractivity contribution in [2.24, 2.45) is 0 Å². The molecule has 0 saturated heterocycles. The molecule has 0 aliphatic heterocycles. The third-order valence-electron chi connectivity index (χ3n) is 7.26. The molecule has 214 valence electrons. The molecule has 0 saturated carbocycles. The minimum Gasteiger partial charge on any atom is -0.456 e. The van der Waals surface area contributed by atoms with E-state index in [1.165, 1.54) is 0 Å². The number of aryl methyl sites for hydroxylation is 1. The summed E-state index contributed by atoms with van der Waals surface area (Å²) in [5, 5.41) is 4.56. The maximum atomic E-state index is 12.9. The number of pyridine rings is 1. The second-order valence-corrected chi connectivity index (χ2v) is 11.9. The average Bonchev–Trinajstić information content (AvgIpc) is 3.19. The van der Waals surface area contributed by atoms with Crippen LogP contribution in [0.25, 0.3) is 22.0 Å². The van der Waals surface area contributed by atoms with E-state index in [0.717, 1.165) is 38.9 Å². The first-order chi connectivity index (χ1) is 20.0. The van der Waals surface area contributed by atoms with E-state index in [2.05, 4.69) is 40.8 Å². The van der Waals surface area contributed by atoms with Crippen molar-refractivity contribution in [2.75, 3.05) is 0 Å². The van der Waals surface area contributed by atoms with Crippen LogP contribution >= 0.6 is 11.6 Å². The Morgan fingerprint density at radius 3 is 2.40 bits per heavy atom. The molecule has 7 heteroatoms. The van der Waals surface area contributed by atoms with Crippen molar-refractivity contribution in [3.05, 3.63) is 124 Å². The van der Waals surface area contributed by atoms with Crippen molar-refractivity contribution >= 4 is 34.4 Å². The van der Waals surface area contributed by atoms with Crippen molar-refractivity contribution in [3.8, 4) is 11.1 Å². The molecule has 0 aliphatic carbocycles. The summed E-state index contributed by atoms with van der Waals surface area (Å²) in [5.74, 6) is -0.494. The van der Waals surface area contributed by atoms with Crippen LogP contribution in [0.1, 0.15) is 64.0 Å². The molecular formula is C35H34ClN3O3. The lowest BCUT2D eigenvalue weighted by molar-refractivity contribution is 0.00703. The fourth-order valence-corrected chi connectivity index (χ4v) is 5.21. The van der Waals surface area contributed by atoms with Gasteiger partial charge < -0.3 is 14.6 Å². The van der Waals surface area contributed by atoms with E-state index < -0.39 is 5.60 Å². The maximum absolute atomic E-state index is 12.9. The Labute approximate surface area is 251 Å². The zero-order valence-corrected chi connectivity index (χ0v) is 25.3. The number of carbonyl (C=O) groups is 2. The van der Waals surface area contributed by atoms with E-state index in [1.807, 2.05) is 69.3 Å². The molecule has 0 atom stereocenters. The molecule has 1 amide bonds. The van der Waals surface area contributed by atoms with Crippen LogP contribution in [0.15, 0.2) is 85.1 Å². The monoisotopic (exact) mass is 579 g/mol. The highest BCUT2D eigenvalue weighted by Gasteiger charge is 2.21. The van der Waals surface area contributed by atoms with Crippen LogP contribution in [0.4, 0.5) is 0 Å². The highest BCUT2D eigenvalue weighted by atomic mass is 35.5. The highest BCUT2D eigenvalue weighted by molar-refractivity contribution is 6.30. The van der Waals surface area contributed by atoms with E-state index in [0.29, 0.717) is 34.9 Å². The van der Waals surface area contributed by atoms with Crippen LogP contribution in [0.3, 0.4) is 0 Å². The molecule has 6 nitrogen and oxygen atoms in total. The van der Waals surface area contributed by atoms with E-state index >= 15 is 0 Å². The number of fused-ring (bicyclic) bond motifs is 1. The van der Waals surface area contributed by atoms with E-state index in [4.69, 9.17) is 16.3 Å². The van der Waals surface area contributed by atoms with Gasteiger partial charge in [-0.05, 0) is 93.3 Å². The number of nitrogens with one attached hydrogen (secondary N) is 1. The van der Waals surface area contributed by atoms with Crippen LogP contribution in [0, 0.1) is 13.8 Å². The topological polar surface area (TPSA) is 73.2 Å². The Balaban J connectivity index is 1.35. The summed E-state index contributed by atoms with van der Waals surface area (Å²) in [6.07, 6.45) is 1.63. The zero-order valence-electron chi connectivity index (χ0n) is 24.5. The number of hydrogen-bond acceptors (Lipinski definition) is 4. The van der Waals surface area contributed by atoms with Gasteiger partial charge in [0, 0.05) is 39.9 Å². The van der Waals surface area contributed by atoms with Gasteiger partial charge in [0.2, 0.25) is 0 Å². The average molecular weight is 580 g/mol. The standard InChI is InChI=1S/C35H34ClN3O3/c1-22-23(2)39(32-15-14-26(18-31(22)32)33(40)38-20-28-19-27(36)16-17-37-28)21-24-10-12-25(13-11-24)29-8-6-7-9-30(29)34(41)42-35(3,4)5/h6-19H,20-21H2,1-5H3,(H,38,40). The number of esters is 1. The molecular weight excluding hydrogens is 546 g/mol. The van der Waals surface area contributed by atoms with Crippen LogP contribution in [0.2, 0.25) is 5.02 Å². The number of aromatic nitrogens is 2. The van der Waals surface area contributed by atoms with Gasteiger partial charge in [-0.3, -0.25) is 9.78 Å². The second-order valence-electron chi connectivity index (χ2n) is 11.4. The van der Waals surface area contributed by atoms with Gasteiger partial charge in [0.25, 0.3) is 5.91 Å². The predicted octanol–water partition coefficient (Wildman–Crippen LogP) is 7.91. The summed E-state index contributed by atoms with van der Waals surface area (Å²) in [4.78, 5) is 30.0. The fraction of sp³-hybridized carbons (Fsp3) is 0.229. The van der Waals surface area contributed by atoms with Crippen molar-refractivity contribution < 1.29 is 14.3 Å². The predicted molar refractivity (Wildman–Crippen MR) is 168 cm³/mol. The van der Waals surface area contributed by atoms with Crippen molar-refractivity contribution in [1.82, 2.24) is 14.9 Å². The Morgan fingerprint density at radius 1 is 0.952 bits per heavy atom. The molecule has 0 fully saturated rings. The number of ether oxygens (including phenoxy) is 1. The van der Waals surface area contributed by atoms with Gasteiger partial charge in [-0.1, -0.05) is 54.1 Å². The molecule has 0 radical (unpaired) electrons. The number of benzene rings is 3. The van der Waals surface area contributed by atoms with Crippen LogP contribution in [-0.4, -0.2) is 27.0 Å². The normalized spacial score (nSPS) is 11.5. The smallest absolute Gasteiger partial charge is 0.339 e. The minimum absolute atomic E-state index is 0.161. The largest absolute Gasteiger partial charge is 0.456 e.